The molecule has 160 valence electrons. The van der Waals surface area contributed by atoms with Gasteiger partial charge >= 0.3 is 0 Å². The van der Waals surface area contributed by atoms with Crippen molar-refractivity contribution in [2.45, 2.75) is 4.90 Å². The van der Waals surface area contributed by atoms with Crippen molar-refractivity contribution in [3.05, 3.63) is 53.4 Å². The zero-order valence-corrected chi connectivity index (χ0v) is 18.8. The highest BCUT2D eigenvalue weighted by molar-refractivity contribution is 7.98. The molecule has 1 saturated heterocycles. The maximum atomic E-state index is 13.0. The highest BCUT2D eigenvalue weighted by atomic mass is 32.2. The minimum Gasteiger partial charge on any atom is -0.378 e. The van der Waals surface area contributed by atoms with Crippen molar-refractivity contribution in [2.75, 3.05) is 32.6 Å². The van der Waals surface area contributed by atoms with Gasteiger partial charge in [0, 0.05) is 58.5 Å². The van der Waals surface area contributed by atoms with Crippen molar-refractivity contribution in [1.29, 1.82) is 5.26 Å². The van der Waals surface area contributed by atoms with Crippen LogP contribution in [-0.2, 0) is 4.74 Å². The fourth-order valence-corrected chi connectivity index (χ4v) is 4.94. The molecule has 32 heavy (non-hydrogen) atoms. The first-order valence-corrected chi connectivity index (χ1v) is 12.0. The van der Waals surface area contributed by atoms with Gasteiger partial charge in [0.15, 0.2) is 5.69 Å². The van der Waals surface area contributed by atoms with Gasteiger partial charge in [0.1, 0.15) is 11.1 Å². The lowest BCUT2D eigenvalue weighted by Gasteiger charge is -2.26. The average molecular weight is 463 g/mol. The molecule has 1 aromatic carbocycles. The predicted octanol–water partition coefficient (Wildman–Crippen LogP) is 3.61. The molecule has 0 saturated carbocycles. The second-order valence-electron chi connectivity index (χ2n) is 7.13. The van der Waals surface area contributed by atoms with Crippen LogP contribution in [0.25, 0.3) is 27.4 Å². The molecule has 0 bridgehead atoms. The molecule has 0 spiro atoms. The van der Waals surface area contributed by atoms with Gasteiger partial charge in [-0.15, -0.1) is 23.1 Å². The normalized spacial score (nSPS) is 13.9. The van der Waals surface area contributed by atoms with E-state index in [1.807, 2.05) is 46.2 Å². The summed E-state index contributed by atoms with van der Waals surface area (Å²) in [5, 5.41) is 12.4. The summed E-state index contributed by atoms with van der Waals surface area (Å²) in [5.41, 5.74) is 2.65. The van der Waals surface area contributed by atoms with Crippen LogP contribution in [-0.4, -0.2) is 62.9 Å². The maximum absolute atomic E-state index is 13.0. The third kappa shape index (κ3) is 3.75. The summed E-state index contributed by atoms with van der Waals surface area (Å²) < 4.78 is 7.27. The summed E-state index contributed by atoms with van der Waals surface area (Å²) in [4.78, 5) is 29.2. The van der Waals surface area contributed by atoms with Gasteiger partial charge in [-0.25, -0.2) is 15.0 Å². The first-order valence-electron chi connectivity index (χ1n) is 9.92. The van der Waals surface area contributed by atoms with Crippen molar-refractivity contribution < 1.29 is 9.53 Å². The van der Waals surface area contributed by atoms with Gasteiger partial charge in [0.2, 0.25) is 5.95 Å². The monoisotopic (exact) mass is 462 g/mol. The number of benzene rings is 1. The summed E-state index contributed by atoms with van der Waals surface area (Å²) in [5.74, 6) is 0.508. The van der Waals surface area contributed by atoms with E-state index in [2.05, 4.69) is 15.0 Å². The van der Waals surface area contributed by atoms with Crippen LogP contribution >= 0.6 is 23.1 Å². The fourth-order valence-electron chi connectivity index (χ4n) is 3.62. The Morgan fingerprint density at radius 2 is 2.03 bits per heavy atom. The number of carbonyl (C=O) groups is 1. The Balaban J connectivity index is 1.52. The third-order valence-electron chi connectivity index (χ3n) is 5.25. The second kappa shape index (κ2) is 8.70. The first kappa shape index (κ1) is 20.6. The topological polar surface area (TPSA) is 96.9 Å². The molecular formula is C22H18N6O2S2. The van der Waals surface area contributed by atoms with E-state index in [0.717, 1.165) is 21.4 Å². The Labute approximate surface area is 192 Å². The van der Waals surface area contributed by atoms with Crippen LogP contribution < -0.4 is 0 Å². The Kier molecular flexibility index (Phi) is 5.61. The van der Waals surface area contributed by atoms with Crippen molar-refractivity contribution in [3.63, 3.8) is 0 Å². The van der Waals surface area contributed by atoms with Crippen molar-refractivity contribution in [1.82, 2.24) is 24.4 Å². The molecule has 0 atom stereocenters. The van der Waals surface area contributed by atoms with E-state index in [1.54, 1.807) is 29.5 Å². The lowest BCUT2D eigenvalue weighted by Crippen LogP contribution is -2.40. The van der Waals surface area contributed by atoms with Crippen LogP contribution in [0, 0.1) is 11.3 Å². The molecule has 1 aliphatic heterocycles. The molecule has 1 fully saturated rings. The van der Waals surface area contributed by atoms with Crippen LogP contribution in [0.1, 0.15) is 16.1 Å². The number of ether oxygens (including phenoxy) is 1. The summed E-state index contributed by atoms with van der Waals surface area (Å²) in [6.07, 6.45) is 7.42. The number of amides is 1. The second-order valence-corrected chi connectivity index (χ2v) is 8.83. The molecule has 0 N–H and O–H groups in total. The predicted molar refractivity (Wildman–Crippen MR) is 123 cm³/mol. The summed E-state index contributed by atoms with van der Waals surface area (Å²) in [7, 11) is 0. The molecular weight excluding hydrogens is 444 g/mol. The van der Waals surface area contributed by atoms with E-state index in [-0.39, 0.29) is 5.91 Å². The van der Waals surface area contributed by atoms with E-state index in [9.17, 15) is 4.79 Å². The number of thioether (sulfide) groups is 1. The van der Waals surface area contributed by atoms with E-state index >= 15 is 0 Å². The molecule has 4 heterocycles. The number of hydrogen-bond acceptors (Lipinski definition) is 8. The molecule has 3 aromatic heterocycles. The molecule has 0 radical (unpaired) electrons. The van der Waals surface area contributed by atoms with Gasteiger partial charge in [-0.3, -0.25) is 9.36 Å². The Morgan fingerprint density at radius 3 is 2.72 bits per heavy atom. The number of nitrogens with zero attached hydrogens (tertiary/aromatic N) is 6. The molecule has 0 aliphatic carbocycles. The summed E-state index contributed by atoms with van der Waals surface area (Å²) in [6.45, 7) is 2.33. The van der Waals surface area contributed by atoms with E-state index < -0.39 is 0 Å². The molecule has 5 rings (SSSR count). The number of nitriles is 1. The largest absolute Gasteiger partial charge is 0.378 e. The van der Waals surface area contributed by atoms with Crippen molar-refractivity contribution >= 4 is 39.9 Å². The van der Waals surface area contributed by atoms with Crippen LogP contribution in [0.5, 0.6) is 0 Å². The van der Waals surface area contributed by atoms with Gasteiger partial charge in [0.25, 0.3) is 5.91 Å². The zero-order valence-electron chi connectivity index (χ0n) is 17.2. The lowest BCUT2D eigenvalue weighted by molar-refractivity contribution is 0.0303. The lowest BCUT2D eigenvalue weighted by atomic mass is 10.1. The van der Waals surface area contributed by atoms with Crippen molar-refractivity contribution in [3.8, 4) is 22.6 Å². The minimum absolute atomic E-state index is 0.00184. The first-order chi connectivity index (χ1) is 15.7. The highest BCUT2D eigenvalue weighted by Crippen LogP contribution is 2.31. The highest BCUT2D eigenvalue weighted by Gasteiger charge is 2.20. The Bertz CT molecular complexity index is 1330. The number of morpholine rings is 1. The fraction of sp³-hybridized carbons (Fsp3) is 0.227. The summed E-state index contributed by atoms with van der Waals surface area (Å²) in [6, 6.07) is 7.81. The van der Waals surface area contributed by atoms with Crippen LogP contribution in [0.3, 0.4) is 0 Å². The third-order valence-corrected chi connectivity index (χ3v) is 6.91. The molecule has 8 nitrogen and oxygen atoms in total. The number of rotatable bonds is 4. The molecule has 4 aromatic rings. The molecule has 1 aliphatic rings. The van der Waals surface area contributed by atoms with E-state index in [0.29, 0.717) is 48.5 Å². The SMILES string of the molecule is CSc1cn(-c2ncc(-c3nc(C#N)cs3)cn2)c2cc(C(=O)N3CCOCC3)ccc12. The van der Waals surface area contributed by atoms with Gasteiger partial charge in [-0.1, -0.05) is 6.07 Å². The van der Waals surface area contributed by atoms with Crippen LogP contribution in [0.15, 0.2) is 47.1 Å². The van der Waals surface area contributed by atoms with Gasteiger partial charge in [0.05, 0.1) is 18.7 Å². The number of hydrogen-bond donors (Lipinski definition) is 0. The molecule has 1 amide bonds. The minimum atomic E-state index is 0.00184. The van der Waals surface area contributed by atoms with Crippen LogP contribution in [0.2, 0.25) is 0 Å². The van der Waals surface area contributed by atoms with E-state index in [4.69, 9.17) is 10.00 Å². The molecule has 10 heteroatoms. The van der Waals surface area contributed by atoms with Gasteiger partial charge < -0.3 is 9.64 Å². The summed E-state index contributed by atoms with van der Waals surface area (Å²) >= 11 is 3.02. The van der Waals surface area contributed by atoms with Gasteiger partial charge in [-0.2, -0.15) is 5.26 Å². The Morgan fingerprint density at radius 1 is 1.25 bits per heavy atom. The van der Waals surface area contributed by atoms with Crippen LogP contribution in [0.4, 0.5) is 0 Å². The quantitative estimate of drug-likeness (QED) is 0.427. The number of fused-ring (bicyclic) bond motifs is 1. The van der Waals surface area contributed by atoms with Crippen molar-refractivity contribution in [2.24, 2.45) is 0 Å². The van der Waals surface area contributed by atoms with Gasteiger partial charge in [-0.05, 0) is 18.4 Å². The zero-order chi connectivity index (χ0) is 22.1. The number of aromatic nitrogens is 4. The standard InChI is InChI=1S/C22H18N6O2S2/c1-31-19-12-28(22-24-10-15(11-25-22)20-26-16(9-23)13-32-20)18-8-14(2-3-17(18)19)21(29)27-4-6-30-7-5-27/h2-3,8,10-13H,4-7H2,1H3. The average Bonchev–Trinajstić information content (AvgIpc) is 3.49. The molecule has 0 unspecified atom stereocenters. The number of thiazole rings is 1. The smallest absolute Gasteiger partial charge is 0.254 e. The maximum Gasteiger partial charge on any atom is 0.254 e. The Hall–Kier alpha value is -3.26. The van der Waals surface area contributed by atoms with E-state index in [1.165, 1.54) is 11.3 Å². The number of carbonyl (C=O) groups excluding carboxylic acids is 1.